The third-order valence-electron chi connectivity index (χ3n) is 11.2. The van der Waals surface area contributed by atoms with Gasteiger partial charge >= 0.3 is 18.2 Å². The van der Waals surface area contributed by atoms with Crippen molar-refractivity contribution in [1.29, 1.82) is 0 Å². The zero-order valence-corrected chi connectivity index (χ0v) is 36.3. The number of nitrogens with two attached hydrogens (primary N) is 1. The van der Waals surface area contributed by atoms with Crippen LogP contribution in [0.15, 0.2) is 103 Å². The maximum Gasteiger partial charge on any atom is 0.416 e. The number of pyridine rings is 2. The van der Waals surface area contributed by atoms with Crippen molar-refractivity contribution in [1.82, 2.24) is 24.6 Å². The summed E-state index contributed by atoms with van der Waals surface area (Å²) in [5.74, 6) is -0.555. The minimum absolute atomic E-state index is 0.00501. The van der Waals surface area contributed by atoms with Gasteiger partial charge < -0.3 is 35.7 Å². The number of ether oxygens (including phenoxy) is 3. The highest BCUT2D eigenvalue weighted by molar-refractivity contribution is 6.06. The number of rotatable bonds is 18. The molecule has 3 aromatic heterocycles. The molecule has 3 aromatic carbocycles. The standard InChI is InChI=1S/C48H49F3N8O7/c1-64-37-19-18-33(39(25-37)65-2)26-54-44-41-42(31-14-16-32(17-15-31)45(60)56-40-23-35(20-22-53-40)48(49,50)51)57-59(43(41)34(27-55-44)13-9-4-3-5-10-21-52)36-24-38(46(61)62)58(28-36)47(63)66-29-30-11-7-6-8-12-30/h6-9,11-20,22-23,25,27,36,38H,3-5,10,21,24,26,28-29,52H2,1-2H3,(H,54,55)(H,61,62)(H,53,56,60)/b13-9+/t36-,38+/m0/s1. The molecule has 0 bridgehead atoms. The third kappa shape index (κ3) is 10.9. The number of unbranched alkanes of at least 4 members (excludes halogenated alkanes) is 3. The number of alkyl halides is 3. The Morgan fingerprint density at radius 3 is 2.45 bits per heavy atom. The minimum Gasteiger partial charge on any atom is -0.497 e. The number of allylic oxidation sites excluding steroid dienone is 1. The number of likely N-dealkylation sites (tertiary alicyclic amines) is 1. The molecule has 0 unspecified atom stereocenters. The largest absolute Gasteiger partial charge is 0.497 e. The molecule has 2 amide bonds. The molecule has 5 N–H and O–H groups in total. The summed E-state index contributed by atoms with van der Waals surface area (Å²) in [5, 5.41) is 22.0. The van der Waals surface area contributed by atoms with Crippen LogP contribution in [0, 0.1) is 0 Å². The maximum atomic E-state index is 13.6. The number of nitrogens with one attached hydrogen (secondary N) is 2. The number of fused-ring (bicyclic) bond motifs is 1. The number of carboxylic acids is 1. The van der Waals surface area contributed by atoms with Gasteiger partial charge in [-0.3, -0.25) is 14.4 Å². The molecule has 0 saturated carbocycles. The summed E-state index contributed by atoms with van der Waals surface area (Å²) in [5.41, 5.74) is 8.66. The lowest BCUT2D eigenvalue weighted by molar-refractivity contribution is -0.141. The van der Waals surface area contributed by atoms with Crippen molar-refractivity contribution >= 4 is 46.6 Å². The molecule has 2 atom stereocenters. The number of benzene rings is 3. The van der Waals surface area contributed by atoms with Crippen LogP contribution in [-0.2, 0) is 28.9 Å². The van der Waals surface area contributed by atoms with Gasteiger partial charge in [0, 0.05) is 60.2 Å². The highest BCUT2D eigenvalue weighted by atomic mass is 19.4. The number of aliphatic carboxylic acids is 1. The average Bonchev–Trinajstić information content (AvgIpc) is 3.96. The van der Waals surface area contributed by atoms with Crippen molar-refractivity contribution < 1.29 is 46.9 Å². The van der Waals surface area contributed by atoms with Crippen LogP contribution < -0.4 is 25.8 Å². The summed E-state index contributed by atoms with van der Waals surface area (Å²) in [7, 11) is 3.12. The predicted octanol–water partition coefficient (Wildman–Crippen LogP) is 8.96. The Kier molecular flexibility index (Phi) is 14.8. The lowest BCUT2D eigenvalue weighted by Gasteiger charge is -2.20. The van der Waals surface area contributed by atoms with Gasteiger partial charge in [0.15, 0.2) is 0 Å². The molecule has 1 fully saturated rings. The van der Waals surface area contributed by atoms with E-state index in [0.717, 1.165) is 55.1 Å². The molecule has 18 heteroatoms. The van der Waals surface area contributed by atoms with Crippen LogP contribution in [0.25, 0.3) is 28.2 Å². The van der Waals surface area contributed by atoms with Gasteiger partial charge in [-0.05, 0) is 67.8 Å². The molecule has 0 aliphatic carbocycles. The number of carbonyl (C=O) groups is 3. The normalized spacial score (nSPS) is 15.0. The molecule has 15 nitrogen and oxygen atoms in total. The molecule has 1 saturated heterocycles. The number of aromatic nitrogens is 4. The fraction of sp³-hybridized carbons (Fsp3) is 0.292. The molecule has 6 aromatic rings. The molecule has 1 aliphatic rings. The first kappa shape index (κ1) is 46.5. The quantitative estimate of drug-likeness (QED) is 0.0599. The van der Waals surface area contributed by atoms with Gasteiger partial charge in [-0.25, -0.2) is 19.6 Å². The Bertz CT molecular complexity index is 2690. The monoisotopic (exact) mass is 906 g/mol. The van der Waals surface area contributed by atoms with E-state index < -0.39 is 41.8 Å². The van der Waals surface area contributed by atoms with Crippen molar-refractivity contribution in [2.75, 3.05) is 37.9 Å². The van der Waals surface area contributed by atoms with E-state index in [1.807, 2.05) is 42.5 Å². The number of anilines is 2. The number of carbonyl (C=O) groups excluding carboxylic acids is 2. The van der Waals surface area contributed by atoms with Crippen molar-refractivity contribution in [3.63, 3.8) is 0 Å². The van der Waals surface area contributed by atoms with E-state index in [2.05, 4.69) is 15.6 Å². The van der Waals surface area contributed by atoms with E-state index in [1.54, 1.807) is 55.4 Å². The van der Waals surface area contributed by atoms with Crippen LogP contribution in [0.1, 0.15) is 70.8 Å². The minimum atomic E-state index is -4.63. The number of amides is 2. The number of halogens is 3. The van der Waals surface area contributed by atoms with E-state index in [9.17, 15) is 32.7 Å². The summed E-state index contributed by atoms with van der Waals surface area (Å²) in [6.07, 6.45) is 4.76. The number of hydrogen-bond donors (Lipinski definition) is 4. The maximum absolute atomic E-state index is 13.6. The Labute approximate surface area is 378 Å². The third-order valence-corrected chi connectivity index (χ3v) is 11.2. The number of carboxylic acid groups (broad SMARTS) is 1. The molecule has 66 heavy (non-hydrogen) atoms. The second-order valence-corrected chi connectivity index (χ2v) is 15.5. The lowest BCUT2D eigenvalue weighted by Crippen LogP contribution is -2.40. The highest BCUT2D eigenvalue weighted by Crippen LogP contribution is 2.40. The highest BCUT2D eigenvalue weighted by Gasteiger charge is 2.43. The summed E-state index contributed by atoms with van der Waals surface area (Å²) in [6.45, 7) is 0.762. The zero-order chi connectivity index (χ0) is 46.8. The Morgan fingerprint density at radius 1 is 0.955 bits per heavy atom. The van der Waals surface area contributed by atoms with Crippen LogP contribution in [0.3, 0.4) is 0 Å². The number of methoxy groups -OCH3 is 2. The van der Waals surface area contributed by atoms with Gasteiger partial charge in [0.05, 0.1) is 36.7 Å². The predicted molar refractivity (Wildman–Crippen MR) is 242 cm³/mol. The van der Waals surface area contributed by atoms with E-state index >= 15 is 0 Å². The molecule has 7 rings (SSSR count). The number of hydrogen-bond acceptors (Lipinski definition) is 11. The van der Waals surface area contributed by atoms with Gasteiger partial charge in [0.2, 0.25) is 0 Å². The van der Waals surface area contributed by atoms with Crippen molar-refractivity contribution in [2.45, 2.75) is 63.5 Å². The van der Waals surface area contributed by atoms with Gasteiger partial charge in [-0.15, -0.1) is 0 Å². The Hall–Kier alpha value is -7.47. The first-order chi connectivity index (χ1) is 31.9. The smallest absolute Gasteiger partial charge is 0.416 e. The van der Waals surface area contributed by atoms with Crippen molar-refractivity contribution in [3.05, 3.63) is 131 Å². The summed E-state index contributed by atoms with van der Waals surface area (Å²) in [6, 6.07) is 20.5. The summed E-state index contributed by atoms with van der Waals surface area (Å²) in [4.78, 5) is 49.7. The van der Waals surface area contributed by atoms with Crippen molar-refractivity contribution in [2.24, 2.45) is 5.73 Å². The first-order valence-electron chi connectivity index (χ1n) is 21.3. The fourth-order valence-corrected chi connectivity index (χ4v) is 7.76. The van der Waals surface area contributed by atoms with Crippen molar-refractivity contribution in [3.8, 4) is 22.8 Å². The Morgan fingerprint density at radius 2 is 1.74 bits per heavy atom. The number of nitrogens with zero attached hydrogens (tertiary/aromatic N) is 5. The second-order valence-electron chi connectivity index (χ2n) is 15.5. The van der Waals surface area contributed by atoms with E-state index in [0.29, 0.717) is 51.6 Å². The van der Waals surface area contributed by atoms with Crippen LogP contribution in [-0.4, -0.2) is 81.1 Å². The van der Waals surface area contributed by atoms with Crippen LogP contribution in [0.4, 0.5) is 29.6 Å². The van der Waals surface area contributed by atoms with E-state index in [4.69, 9.17) is 30.0 Å². The van der Waals surface area contributed by atoms with Gasteiger partial charge in [-0.2, -0.15) is 18.3 Å². The second kappa shape index (κ2) is 21.0. The topological polar surface area (TPSA) is 196 Å². The molecule has 0 radical (unpaired) electrons. The van der Waals surface area contributed by atoms with Crippen LogP contribution >= 0.6 is 0 Å². The van der Waals surface area contributed by atoms with Crippen LogP contribution in [0.2, 0.25) is 0 Å². The van der Waals surface area contributed by atoms with Crippen LogP contribution in [0.5, 0.6) is 11.5 Å². The van der Waals surface area contributed by atoms with Gasteiger partial charge in [-0.1, -0.05) is 61.0 Å². The molecule has 4 heterocycles. The molecular weight excluding hydrogens is 858 g/mol. The molecule has 0 spiro atoms. The SMILES string of the molecule is COc1ccc(CNc2ncc(/C=C/CCCCCN)c3c2c(-c2ccc(C(=O)Nc4cc(C(F)(F)F)ccn4)cc2)nn3[C@H]2C[C@H](C(=O)O)N(C(=O)OCc3ccccc3)C2)c(OC)c1. The van der Waals surface area contributed by atoms with Gasteiger partial charge in [0.25, 0.3) is 5.91 Å². The van der Waals surface area contributed by atoms with E-state index in [1.165, 1.54) is 17.0 Å². The summed E-state index contributed by atoms with van der Waals surface area (Å²) < 4.78 is 58.6. The fourth-order valence-electron chi connectivity index (χ4n) is 7.76. The molecule has 344 valence electrons. The molecular formula is C48H49F3N8O7. The average molecular weight is 907 g/mol. The van der Waals surface area contributed by atoms with Gasteiger partial charge in [0.1, 0.15) is 41.5 Å². The zero-order valence-electron chi connectivity index (χ0n) is 36.3. The Balaban J connectivity index is 1.31. The lowest BCUT2D eigenvalue weighted by atomic mass is 10.0. The molecule has 1 aliphatic heterocycles. The first-order valence-corrected chi connectivity index (χ1v) is 21.3. The van der Waals surface area contributed by atoms with E-state index in [-0.39, 0.29) is 37.5 Å². The summed E-state index contributed by atoms with van der Waals surface area (Å²) >= 11 is 0.